The van der Waals surface area contributed by atoms with Gasteiger partial charge in [-0.3, -0.25) is 4.90 Å². The third-order valence-corrected chi connectivity index (χ3v) is 5.08. The molecule has 2 atom stereocenters. The Hall–Kier alpha value is -0.0900. The van der Waals surface area contributed by atoms with Gasteiger partial charge in [0.05, 0.1) is 5.02 Å². The van der Waals surface area contributed by atoms with Crippen molar-refractivity contribution < 1.29 is 0 Å². The van der Waals surface area contributed by atoms with Gasteiger partial charge in [0.25, 0.3) is 0 Å². The van der Waals surface area contributed by atoms with Crippen LogP contribution in [-0.4, -0.2) is 31.1 Å². The van der Waals surface area contributed by atoms with Gasteiger partial charge in [-0.25, -0.2) is 0 Å². The zero-order valence-corrected chi connectivity index (χ0v) is 14.1. The quantitative estimate of drug-likeness (QED) is 0.884. The minimum absolute atomic E-state index is 0.469. The Bertz CT molecular complexity index is 436. The standard InChI is InChI=1S/C15H22BrClN2/c1-10(2)18-9-12-6-7-19(3)15(12)11-4-5-13(16)14(17)8-11/h4-5,8,10,12,15,18H,6-7,9H2,1-3H3. The summed E-state index contributed by atoms with van der Waals surface area (Å²) in [6.07, 6.45) is 1.24. The highest BCUT2D eigenvalue weighted by Crippen LogP contribution is 2.37. The van der Waals surface area contributed by atoms with E-state index in [0.29, 0.717) is 18.0 Å². The van der Waals surface area contributed by atoms with Gasteiger partial charge in [-0.2, -0.15) is 0 Å². The summed E-state index contributed by atoms with van der Waals surface area (Å²) < 4.78 is 0.968. The molecular weight excluding hydrogens is 324 g/mol. The second-order valence-corrected chi connectivity index (χ2v) is 6.97. The second kappa shape index (κ2) is 6.57. The Morgan fingerprint density at radius 2 is 2.21 bits per heavy atom. The molecule has 2 unspecified atom stereocenters. The molecule has 0 bridgehead atoms. The highest BCUT2D eigenvalue weighted by atomic mass is 79.9. The van der Waals surface area contributed by atoms with Crippen LogP contribution in [0.15, 0.2) is 22.7 Å². The maximum atomic E-state index is 6.23. The SMILES string of the molecule is CC(C)NCC1CCN(C)C1c1ccc(Br)c(Cl)c1. The average molecular weight is 346 g/mol. The minimum atomic E-state index is 0.469. The topological polar surface area (TPSA) is 15.3 Å². The molecular formula is C15H22BrClN2. The molecule has 1 fully saturated rings. The highest BCUT2D eigenvalue weighted by Gasteiger charge is 2.32. The van der Waals surface area contributed by atoms with Gasteiger partial charge in [0.1, 0.15) is 0 Å². The molecule has 0 aliphatic carbocycles. The molecule has 4 heteroatoms. The van der Waals surface area contributed by atoms with Crippen LogP contribution in [0.5, 0.6) is 0 Å². The van der Waals surface area contributed by atoms with Crippen LogP contribution in [-0.2, 0) is 0 Å². The van der Waals surface area contributed by atoms with Crippen molar-refractivity contribution in [3.05, 3.63) is 33.3 Å². The Morgan fingerprint density at radius 1 is 1.47 bits per heavy atom. The predicted octanol–water partition coefficient (Wildman–Crippen LogP) is 4.09. The number of halogens is 2. The van der Waals surface area contributed by atoms with Crippen LogP contribution < -0.4 is 5.32 Å². The van der Waals surface area contributed by atoms with Crippen LogP contribution in [0.1, 0.15) is 31.9 Å². The molecule has 1 aromatic carbocycles. The number of benzene rings is 1. The van der Waals surface area contributed by atoms with Crippen molar-refractivity contribution >= 4 is 27.5 Å². The summed E-state index contributed by atoms with van der Waals surface area (Å²) in [6.45, 7) is 6.62. The van der Waals surface area contributed by atoms with E-state index in [0.717, 1.165) is 22.6 Å². The van der Waals surface area contributed by atoms with E-state index in [-0.39, 0.29) is 0 Å². The highest BCUT2D eigenvalue weighted by molar-refractivity contribution is 9.10. The minimum Gasteiger partial charge on any atom is -0.314 e. The summed E-state index contributed by atoms with van der Waals surface area (Å²) in [5, 5.41) is 4.36. The summed E-state index contributed by atoms with van der Waals surface area (Å²) in [7, 11) is 2.20. The number of nitrogens with one attached hydrogen (secondary N) is 1. The Kier molecular flexibility index (Phi) is 5.29. The van der Waals surface area contributed by atoms with Crippen molar-refractivity contribution in [2.75, 3.05) is 20.1 Å². The molecule has 1 heterocycles. The van der Waals surface area contributed by atoms with Gasteiger partial charge in [0, 0.05) is 23.1 Å². The molecule has 2 rings (SSSR count). The predicted molar refractivity (Wildman–Crippen MR) is 85.8 cm³/mol. The van der Waals surface area contributed by atoms with Crippen LogP contribution in [0.25, 0.3) is 0 Å². The number of likely N-dealkylation sites (tertiary alicyclic amines) is 1. The summed E-state index contributed by atoms with van der Waals surface area (Å²) in [4.78, 5) is 2.44. The number of rotatable bonds is 4. The molecule has 1 aromatic rings. The lowest BCUT2D eigenvalue weighted by Crippen LogP contribution is -2.32. The molecule has 0 amide bonds. The van der Waals surface area contributed by atoms with Crippen molar-refractivity contribution in [2.24, 2.45) is 5.92 Å². The summed E-state index contributed by atoms with van der Waals surface area (Å²) >= 11 is 9.69. The van der Waals surface area contributed by atoms with Crippen molar-refractivity contribution in [3.63, 3.8) is 0 Å². The fourth-order valence-electron chi connectivity index (χ4n) is 2.85. The van der Waals surface area contributed by atoms with E-state index in [9.17, 15) is 0 Å². The molecule has 0 saturated carbocycles. The van der Waals surface area contributed by atoms with Crippen molar-refractivity contribution in [2.45, 2.75) is 32.4 Å². The molecule has 1 saturated heterocycles. The van der Waals surface area contributed by atoms with Crippen LogP contribution in [0, 0.1) is 5.92 Å². The Labute approximate surface area is 129 Å². The average Bonchev–Trinajstić information content (AvgIpc) is 2.71. The third kappa shape index (κ3) is 3.72. The number of hydrogen-bond donors (Lipinski definition) is 1. The largest absolute Gasteiger partial charge is 0.314 e. The van der Waals surface area contributed by atoms with Gasteiger partial charge in [-0.1, -0.05) is 31.5 Å². The Balaban J connectivity index is 2.16. The summed E-state index contributed by atoms with van der Waals surface area (Å²) in [6, 6.07) is 7.35. The van der Waals surface area contributed by atoms with E-state index in [1.165, 1.54) is 12.0 Å². The Morgan fingerprint density at radius 3 is 2.84 bits per heavy atom. The normalized spacial score (nSPS) is 24.3. The van der Waals surface area contributed by atoms with E-state index in [1.54, 1.807) is 0 Å². The first-order valence-corrected chi connectivity index (χ1v) is 8.04. The molecule has 2 nitrogen and oxygen atoms in total. The van der Waals surface area contributed by atoms with Crippen LogP contribution in [0.4, 0.5) is 0 Å². The van der Waals surface area contributed by atoms with Crippen LogP contribution >= 0.6 is 27.5 Å². The van der Waals surface area contributed by atoms with E-state index >= 15 is 0 Å². The molecule has 106 valence electrons. The fourth-order valence-corrected chi connectivity index (χ4v) is 3.29. The number of nitrogens with zero attached hydrogens (tertiary/aromatic N) is 1. The number of hydrogen-bond acceptors (Lipinski definition) is 2. The molecule has 0 radical (unpaired) electrons. The molecule has 0 aromatic heterocycles. The lowest BCUT2D eigenvalue weighted by molar-refractivity contribution is 0.269. The van der Waals surface area contributed by atoms with Crippen molar-refractivity contribution in [1.82, 2.24) is 10.2 Å². The van der Waals surface area contributed by atoms with Gasteiger partial charge >= 0.3 is 0 Å². The lowest BCUT2D eigenvalue weighted by atomic mass is 9.93. The monoisotopic (exact) mass is 344 g/mol. The molecule has 1 aliphatic rings. The first kappa shape index (κ1) is 15.3. The van der Waals surface area contributed by atoms with Crippen LogP contribution in [0.2, 0.25) is 5.02 Å². The zero-order valence-electron chi connectivity index (χ0n) is 11.8. The zero-order chi connectivity index (χ0) is 14.0. The summed E-state index contributed by atoms with van der Waals surface area (Å²) in [5.41, 5.74) is 1.32. The second-order valence-electron chi connectivity index (χ2n) is 5.71. The van der Waals surface area contributed by atoms with Gasteiger partial charge in [-0.05, 0) is 59.6 Å². The van der Waals surface area contributed by atoms with E-state index < -0.39 is 0 Å². The fraction of sp³-hybridized carbons (Fsp3) is 0.600. The molecule has 19 heavy (non-hydrogen) atoms. The molecule has 0 spiro atoms. The third-order valence-electron chi connectivity index (χ3n) is 3.85. The maximum Gasteiger partial charge on any atom is 0.0551 e. The van der Waals surface area contributed by atoms with Gasteiger partial charge in [0.2, 0.25) is 0 Å². The molecule has 1 N–H and O–H groups in total. The van der Waals surface area contributed by atoms with Gasteiger partial charge in [0.15, 0.2) is 0 Å². The molecule has 1 aliphatic heterocycles. The maximum absolute atomic E-state index is 6.23. The van der Waals surface area contributed by atoms with Gasteiger partial charge in [-0.15, -0.1) is 0 Å². The van der Waals surface area contributed by atoms with Crippen molar-refractivity contribution in [1.29, 1.82) is 0 Å². The van der Waals surface area contributed by atoms with Gasteiger partial charge < -0.3 is 5.32 Å². The first-order chi connectivity index (χ1) is 8.99. The summed E-state index contributed by atoms with van der Waals surface area (Å²) in [5.74, 6) is 0.657. The van der Waals surface area contributed by atoms with Crippen molar-refractivity contribution in [3.8, 4) is 0 Å². The first-order valence-electron chi connectivity index (χ1n) is 6.87. The van der Waals surface area contributed by atoms with E-state index in [2.05, 4.69) is 65.2 Å². The lowest BCUT2D eigenvalue weighted by Gasteiger charge is -2.26. The smallest absolute Gasteiger partial charge is 0.0551 e. The van der Waals surface area contributed by atoms with E-state index in [1.807, 2.05) is 0 Å². The van der Waals surface area contributed by atoms with Crippen LogP contribution in [0.3, 0.4) is 0 Å². The van der Waals surface area contributed by atoms with E-state index in [4.69, 9.17) is 11.6 Å².